The third-order valence-corrected chi connectivity index (χ3v) is 3.24. The molecule has 0 saturated carbocycles. The lowest BCUT2D eigenvalue weighted by atomic mass is 10.1. The van der Waals surface area contributed by atoms with Crippen molar-refractivity contribution in [2.24, 2.45) is 5.73 Å². The standard InChI is InChI=1S/C14H12BrF2NO/c1-8(18)10-3-2-4-12(16)14(10)19-9-5-6-11(15)13(17)7-9/h2-8H,18H2,1H3/t8-/m1/s1. The summed E-state index contributed by atoms with van der Waals surface area (Å²) < 4.78 is 32.9. The quantitative estimate of drug-likeness (QED) is 0.898. The molecule has 0 spiro atoms. The first-order valence-corrected chi connectivity index (χ1v) is 6.45. The van der Waals surface area contributed by atoms with Crippen LogP contribution >= 0.6 is 15.9 Å². The Morgan fingerprint density at radius 1 is 1.16 bits per heavy atom. The maximum absolute atomic E-state index is 13.8. The number of hydrogen-bond donors (Lipinski definition) is 1. The van der Waals surface area contributed by atoms with Gasteiger partial charge in [-0.25, -0.2) is 8.78 Å². The lowest BCUT2D eigenvalue weighted by Gasteiger charge is -2.14. The molecule has 0 amide bonds. The van der Waals surface area contributed by atoms with Gasteiger partial charge in [-0.1, -0.05) is 12.1 Å². The third-order valence-electron chi connectivity index (χ3n) is 2.60. The molecule has 1 atom stereocenters. The van der Waals surface area contributed by atoms with Crippen molar-refractivity contribution in [3.8, 4) is 11.5 Å². The minimum atomic E-state index is -0.530. The summed E-state index contributed by atoms with van der Waals surface area (Å²) >= 11 is 3.04. The molecule has 2 aromatic carbocycles. The molecule has 0 unspecified atom stereocenters. The van der Waals surface area contributed by atoms with Gasteiger partial charge in [0.25, 0.3) is 0 Å². The van der Waals surface area contributed by atoms with Crippen molar-refractivity contribution in [1.29, 1.82) is 0 Å². The Hall–Kier alpha value is -1.46. The zero-order chi connectivity index (χ0) is 14.0. The number of para-hydroxylation sites is 1. The molecule has 0 saturated heterocycles. The number of halogens is 3. The molecule has 0 aromatic heterocycles. The average Bonchev–Trinajstić information content (AvgIpc) is 2.36. The van der Waals surface area contributed by atoms with Crippen LogP contribution in [0.5, 0.6) is 11.5 Å². The van der Waals surface area contributed by atoms with Crippen LogP contribution in [-0.4, -0.2) is 0 Å². The highest BCUT2D eigenvalue weighted by Gasteiger charge is 2.14. The van der Waals surface area contributed by atoms with Crippen LogP contribution in [0.15, 0.2) is 40.9 Å². The summed E-state index contributed by atoms with van der Waals surface area (Å²) in [6.45, 7) is 1.73. The summed E-state index contributed by atoms with van der Waals surface area (Å²) in [7, 11) is 0. The fraction of sp³-hybridized carbons (Fsp3) is 0.143. The molecule has 0 heterocycles. The van der Waals surface area contributed by atoms with Gasteiger partial charge < -0.3 is 10.5 Å². The Labute approximate surface area is 118 Å². The van der Waals surface area contributed by atoms with Gasteiger partial charge in [0.1, 0.15) is 11.6 Å². The zero-order valence-electron chi connectivity index (χ0n) is 10.2. The molecule has 2 nitrogen and oxygen atoms in total. The van der Waals surface area contributed by atoms with Crippen molar-refractivity contribution in [1.82, 2.24) is 0 Å². The maximum Gasteiger partial charge on any atom is 0.167 e. The van der Waals surface area contributed by atoms with Crippen LogP contribution in [0, 0.1) is 11.6 Å². The van der Waals surface area contributed by atoms with Crippen molar-refractivity contribution < 1.29 is 13.5 Å². The van der Waals surface area contributed by atoms with E-state index in [0.29, 0.717) is 10.0 Å². The Bertz CT molecular complexity index is 602. The van der Waals surface area contributed by atoms with Gasteiger partial charge in [-0.3, -0.25) is 0 Å². The molecule has 0 bridgehead atoms. The normalized spacial score (nSPS) is 12.3. The van der Waals surface area contributed by atoms with Crippen LogP contribution in [0.2, 0.25) is 0 Å². The number of benzene rings is 2. The molecule has 0 aliphatic rings. The van der Waals surface area contributed by atoms with Gasteiger partial charge in [0.05, 0.1) is 4.47 Å². The smallest absolute Gasteiger partial charge is 0.167 e. The Balaban J connectivity index is 2.40. The fourth-order valence-electron chi connectivity index (χ4n) is 1.65. The summed E-state index contributed by atoms with van der Waals surface area (Å²) in [6, 6.07) is 8.35. The summed E-state index contributed by atoms with van der Waals surface area (Å²) in [5.74, 6) is -0.763. The van der Waals surface area contributed by atoms with Gasteiger partial charge in [0, 0.05) is 17.7 Å². The van der Waals surface area contributed by atoms with Gasteiger partial charge in [-0.2, -0.15) is 0 Å². The topological polar surface area (TPSA) is 35.2 Å². The minimum Gasteiger partial charge on any atom is -0.454 e. The van der Waals surface area contributed by atoms with Gasteiger partial charge >= 0.3 is 0 Å². The average molecular weight is 328 g/mol. The van der Waals surface area contributed by atoms with E-state index in [-0.39, 0.29) is 17.5 Å². The molecule has 0 aliphatic heterocycles. The van der Waals surface area contributed by atoms with Crippen LogP contribution < -0.4 is 10.5 Å². The van der Waals surface area contributed by atoms with E-state index in [4.69, 9.17) is 10.5 Å². The molecule has 2 N–H and O–H groups in total. The van der Waals surface area contributed by atoms with E-state index in [1.807, 2.05) is 0 Å². The molecule has 0 fully saturated rings. The summed E-state index contributed by atoms with van der Waals surface area (Å²) in [6.07, 6.45) is 0. The van der Waals surface area contributed by atoms with Crippen molar-refractivity contribution in [2.75, 3.05) is 0 Å². The molecule has 0 radical (unpaired) electrons. The molecule has 2 rings (SSSR count). The third kappa shape index (κ3) is 3.11. The molecule has 19 heavy (non-hydrogen) atoms. The number of hydrogen-bond acceptors (Lipinski definition) is 2. The summed E-state index contributed by atoms with van der Waals surface area (Å²) in [4.78, 5) is 0. The Morgan fingerprint density at radius 2 is 1.89 bits per heavy atom. The van der Waals surface area contributed by atoms with Crippen molar-refractivity contribution in [2.45, 2.75) is 13.0 Å². The van der Waals surface area contributed by atoms with E-state index in [1.165, 1.54) is 18.2 Å². The Morgan fingerprint density at radius 3 is 2.53 bits per heavy atom. The predicted molar refractivity (Wildman–Crippen MR) is 73.2 cm³/mol. The highest BCUT2D eigenvalue weighted by molar-refractivity contribution is 9.10. The SMILES string of the molecule is C[C@@H](N)c1cccc(F)c1Oc1ccc(Br)c(F)c1. The van der Waals surface area contributed by atoms with E-state index < -0.39 is 11.6 Å². The van der Waals surface area contributed by atoms with Crippen molar-refractivity contribution in [3.05, 3.63) is 58.1 Å². The number of nitrogens with two attached hydrogens (primary N) is 1. The lowest BCUT2D eigenvalue weighted by molar-refractivity contribution is 0.429. The monoisotopic (exact) mass is 327 g/mol. The minimum absolute atomic E-state index is 0.0271. The largest absolute Gasteiger partial charge is 0.454 e. The van der Waals surface area contributed by atoms with Crippen LogP contribution in [-0.2, 0) is 0 Å². The van der Waals surface area contributed by atoms with Crippen LogP contribution in [0.1, 0.15) is 18.5 Å². The molecular weight excluding hydrogens is 316 g/mol. The first kappa shape index (κ1) is 14.0. The van der Waals surface area contributed by atoms with E-state index in [1.54, 1.807) is 25.1 Å². The van der Waals surface area contributed by atoms with Gasteiger partial charge in [-0.15, -0.1) is 0 Å². The van der Waals surface area contributed by atoms with Gasteiger partial charge in [0.2, 0.25) is 0 Å². The van der Waals surface area contributed by atoms with Gasteiger partial charge in [-0.05, 0) is 41.1 Å². The fourth-order valence-corrected chi connectivity index (χ4v) is 1.90. The number of rotatable bonds is 3. The molecule has 100 valence electrons. The zero-order valence-corrected chi connectivity index (χ0v) is 11.7. The van der Waals surface area contributed by atoms with E-state index in [2.05, 4.69) is 15.9 Å². The molecule has 2 aromatic rings. The van der Waals surface area contributed by atoms with E-state index >= 15 is 0 Å². The molecular formula is C14H12BrF2NO. The second-order valence-corrected chi connectivity index (χ2v) is 4.98. The highest BCUT2D eigenvalue weighted by atomic mass is 79.9. The van der Waals surface area contributed by atoms with E-state index in [9.17, 15) is 8.78 Å². The second-order valence-electron chi connectivity index (χ2n) is 4.12. The highest BCUT2D eigenvalue weighted by Crippen LogP contribution is 2.32. The first-order chi connectivity index (χ1) is 8.99. The second kappa shape index (κ2) is 5.67. The van der Waals surface area contributed by atoms with Crippen LogP contribution in [0.4, 0.5) is 8.78 Å². The molecule has 0 aliphatic carbocycles. The summed E-state index contributed by atoms with van der Waals surface area (Å²) in [5.41, 5.74) is 6.29. The molecule has 5 heteroatoms. The summed E-state index contributed by atoms with van der Waals surface area (Å²) in [5, 5.41) is 0. The first-order valence-electron chi connectivity index (χ1n) is 5.66. The van der Waals surface area contributed by atoms with Crippen molar-refractivity contribution in [3.63, 3.8) is 0 Å². The van der Waals surface area contributed by atoms with Crippen molar-refractivity contribution >= 4 is 15.9 Å². The maximum atomic E-state index is 13.8. The van der Waals surface area contributed by atoms with Gasteiger partial charge in [0.15, 0.2) is 11.6 Å². The number of ether oxygens (including phenoxy) is 1. The van der Waals surface area contributed by atoms with E-state index in [0.717, 1.165) is 0 Å². The predicted octanol–water partition coefficient (Wildman–Crippen LogP) is 4.54. The van der Waals surface area contributed by atoms with Crippen LogP contribution in [0.25, 0.3) is 0 Å². The lowest BCUT2D eigenvalue weighted by Crippen LogP contribution is -2.07. The van der Waals surface area contributed by atoms with Crippen LogP contribution in [0.3, 0.4) is 0 Å². The Kier molecular flexibility index (Phi) is 4.17.